The molecule has 248 valence electrons. The fourth-order valence-electron chi connectivity index (χ4n) is 13.6. The van der Waals surface area contributed by atoms with E-state index in [1.807, 2.05) is 4.90 Å². The number of hydrogen-bond acceptors (Lipinski definition) is 7. The smallest absolute Gasteiger partial charge is 0.237 e. The second kappa shape index (κ2) is 10.4. The molecule has 8 fully saturated rings. The SMILES string of the molecule is C[C@@H]1CCOC2[C@H]1C1(C)CCC34CC35CCC(OC3CN(C(=O)CN6CCOCC6)CCO3)C(C)(C)[C@@H]5CCC4[C@]1(C)[C@H]2O. The summed E-state index contributed by atoms with van der Waals surface area (Å²) >= 11 is 0. The van der Waals surface area contributed by atoms with Crippen molar-refractivity contribution < 1.29 is 28.8 Å². The average molecular weight is 615 g/mol. The molecule has 0 radical (unpaired) electrons. The van der Waals surface area contributed by atoms with Gasteiger partial charge >= 0.3 is 0 Å². The van der Waals surface area contributed by atoms with Crippen LogP contribution in [0.2, 0.25) is 0 Å². The molecule has 1 N–H and O–H groups in total. The standard InChI is InChI=1S/C36H58N2O6/c1-23-9-16-43-30-29(23)33(4)11-12-36-22-35(36)10-8-26(32(2,3)24(35)6-7-25(36)34(33,5)31(30)40)44-28-21-38(15-19-42-28)27(39)20-37-13-17-41-18-14-37/h23-26,28-31,40H,6-22H2,1-5H3/t23-,24+,25?,26?,28?,29+,30?,31+,33?,34-,35?,36?/m1/s1. The number of nitrogens with zero attached hydrogens (tertiary/aromatic N) is 2. The summed E-state index contributed by atoms with van der Waals surface area (Å²) in [7, 11) is 0. The molecule has 8 nitrogen and oxygen atoms in total. The number of hydrogen-bond donors (Lipinski definition) is 1. The topological polar surface area (TPSA) is 80.7 Å². The van der Waals surface area contributed by atoms with Gasteiger partial charge in [-0.3, -0.25) is 9.69 Å². The number of carbonyl (C=O) groups is 1. The highest BCUT2D eigenvalue weighted by Crippen LogP contribution is 2.89. The molecule has 8 heteroatoms. The lowest BCUT2D eigenvalue weighted by molar-refractivity contribution is -0.248. The van der Waals surface area contributed by atoms with Gasteiger partial charge in [-0.2, -0.15) is 0 Å². The molecule has 5 saturated carbocycles. The van der Waals surface area contributed by atoms with Crippen molar-refractivity contribution >= 4 is 5.91 Å². The van der Waals surface area contributed by atoms with Crippen LogP contribution in [0.4, 0.5) is 0 Å². The average Bonchev–Trinajstić information content (AvgIpc) is 3.64. The molecule has 1 amide bonds. The Morgan fingerprint density at radius 2 is 1.64 bits per heavy atom. The largest absolute Gasteiger partial charge is 0.390 e. The summed E-state index contributed by atoms with van der Waals surface area (Å²) in [5.41, 5.74) is 0.823. The fourth-order valence-corrected chi connectivity index (χ4v) is 13.6. The first-order valence-corrected chi connectivity index (χ1v) is 18.1. The molecule has 3 aliphatic heterocycles. The Morgan fingerprint density at radius 3 is 2.43 bits per heavy atom. The van der Waals surface area contributed by atoms with Gasteiger partial charge in [-0.25, -0.2) is 0 Å². The van der Waals surface area contributed by atoms with Gasteiger partial charge in [0.05, 0.1) is 51.2 Å². The van der Waals surface area contributed by atoms with Crippen molar-refractivity contribution in [3.63, 3.8) is 0 Å². The van der Waals surface area contributed by atoms with Gasteiger partial charge in [0.25, 0.3) is 0 Å². The third-order valence-electron chi connectivity index (χ3n) is 15.9. The Labute approximate surface area is 264 Å². The number of rotatable bonds is 4. The number of aliphatic hydroxyl groups is 1. The maximum atomic E-state index is 13.2. The molecule has 3 heterocycles. The lowest BCUT2D eigenvalue weighted by Gasteiger charge is -2.63. The van der Waals surface area contributed by atoms with Crippen LogP contribution in [0.25, 0.3) is 0 Å². The molecule has 7 unspecified atom stereocenters. The zero-order valence-corrected chi connectivity index (χ0v) is 28.0. The minimum atomic E-state index is -0.360. The first-order valence-electron chi connectivity index (χ1n) is 18.1. The summed E-state index contributed by atoms with van der Waals surface area (Å²) in [5, 5.41) is 12.1. The normalized spacial score (nSPS) is 53.1. The number of ether oxygens (including phenoxy) is 4. The molecule has 8 aliphatic rings. The van der Waals surface area contributed by atoms with Gasteiger partial charge < -0.3 is 29.0 Å². The van der Waals surface area contributed by atoms with E-state index in [9.17, 15) is 9.90 Å². The quantitative estimate of drug-likeness (QED) is 0.505. The van der Waals surface area contributed by atoms with Crippen LogP contribution in [0.3, 0.4) is 0 Å². The second-order valence-corrected chi connectivity index (χ2v) is 17.5. The van der Waals surface area contributed by atoms with Gasteiger partial charge in [0.2, 0.25) is 5.91 Å². The molecule has 3 saturated heterocycles. The number of morpholine rings is 2. The van der Waals surface area contributed by atoms with Gasteiger partial charge in [-0.15, -0.1) is 0 Å². The van der Waals surface area contributed by atoms with Crippen LogP contribution < -0.4 is 0 Å². The van der Waals surface area contributed by atoms with E-state index in [0.717, 1.165) is 32.5 Å². The second-order valence-electron chi connectivity index (χ2n) is 17.5. The Bertz CT molecular complexity index is 1140. The van der Waals surface area contributed by atoms with Crippen molar-refractivity contribution in [3.8, 4) is 0 Å². The summed E-state index contributed by atoms with van der Waals surface area (Å²) in [5.74, 6) is 2.46. The van der Waals surface area contributed by atoms with Crippen molar-refractivity contribution in [1.82, 2.24) is 9.80 Å². The number of carbonyl (C=O) groups excluding carboxylic acids is 1. The van der Waals surface area contributed by atoms with Crippen LogP contribution >= 0.6 is 0 Å². The maximum Gasteiger partial charge on any atom is 0.237 e. The van der Waals surface area contributed by atoms with Crippen molar-refractivity contribution in [3.05, 3.63) is 0 Å². The van der Waals surface area contributed by atoms with Crippen molar-refractivity contribution in [2.24, 2.45) is 50.7 Å². The Kier molecular flexibility index (Phi) is 7.20. The van der Waals surface area contributed by atoms with Crippen LogP contribution in [-0.4, -0.2) is 105 Å². The zero-order valence-electron chi connectivity index (χ0n) is 28.0. The molecule has 8 rings (SSSR count). The molecule has 2 spiro atoms. The fraction of sp³-hybridized carbons (Fsp3) is 0.972. The van der Waals surface area contributed by atoms with E-state index < -0.39 is 0 Å². The van der Waals surface area contributed by atoms with Crippen LogP contribution in [-0.2, 0) is 23.7 Å². The van der Waals surface area contributed by atoms with E-state index >= 15 is 0 Å². The Morgan fingerprint density at radius 1 is 0.886 bits per heavy atom. The van der Waals surface area contributed by atoms with Gasteiger partial charge in [0, 0.05) is 31.7 Å². The predicted molar refractivity (Wildman–Crippen MR) is 166 cm³/mol. The molecular weight excluding hydrogens is 556 g/mol. The van der Waals surface area contributed by atoms with Crippen molar-refractivity contribution in [2.75, 3.05) is 59.2 Å². The van der Waals surface area contributed by atoms with Gasteiger partial charge in [0.15, 0.2) is 6.29 Å². The summed E-state index contributed by atoms with van der Waals surface area (Å²) in [4.78, 5) is 17.3. The lowest BCUT2D eigenvalue weighted by atomic mass is 9.41. The minimum Gasteiger partial charge on any atom is -0.390 e. The van der Waals surface area contributed by atoms with E-state index in [1.54, 1.807) is 0 Å². The third kappa shape index (κ3) is 4.00. The lowest BCUT2D eigenvalue weighted by Crippen LogP contribution is -2.60. The van der Waals surface area contributed by atoms with E-state index in [1.165, 1.54) is 38.5 Å². The van der Waals surface area contributed by atoms with E-state index in [2.05, 4.69) is 39.5 Å². The van der Waals surface area contributed by atoms with Gasteiger partial charge in [-0.05, 0) is 96.7 Å². The van der Waals surface area contributed by atoms with Crippen LogP contribution in [0.15, 0.2) is 0 Å². The number of fused-ring (bicyclic) bond motifs is 4. The van der Waals surface area contributed by atoms with Gasteiger partial charge in [-0.1, -0.05) is 34.6 Å². The summed E-state index contributed by atoms with van der Waals surface area (Å²) < 4.78 is 24.9. The van der Waals surface area contributed by atoms with Gasteiger partial charge in [0.1, 0.15) is 0 Å². The molecule has 12 atom stereocenters. The summed E-state index contributed by atoms with van der Waals surface area (Å²) in [6.45, 7) is 18.4. The molecule has 44 heavy (non-hydrogen) atoms. The number of aliphatic hydroxyl groups excluding tert-OH is 1. The maximum absolute atomic E-state index is 13.2. The zero-order chi connectivity index (χ0) is 30.7. The van der Waals surface area contributed by atoms with Crippen LogP contribution in [0.5, 0.6) is 0 Å². The highest BCUT2D eigenvalue weighted by molar-refractivity contribution is 5.78. The predicted octanol–water partition coefficient (Wildman–Crippen LogP) is 4.33. The monoisotopic (exact) mass is 614 g/mol. The number of amides is 1. The summed E-state index contributed by atoms with van der Waals surface area (Å²) in [6.07, 6.45) is 9.14. The van der Waals surface area contributed by atoms with E-state index in [4.69, 9.17) is 18.9 Å². The molecular formula is C36H58N2O6. The molecule has 0 aromatic heterocycles. The third-order valence-corrected chi connectivity index (χ3v) is 15.9. The molecule has 0 aromatic carbocycles. The summed E-state index contributed by atoms with van der Waals surface area (Å²) in [6, 6.07) is 0. The Hall–Kier alpha value is -0.770. The highest BCUT2D eigenvalue weighted by atomic mass is 16.7. The highest BCUT2D eigenvalue weighted by Gasteiger charge is 2.84. The molecule has 0 bridgehead atoms. The molecule has 0 aromatic rings. The van der Waals surface area contributed by atoms with Crippen molar-refractivity contribution in [2.45, 2.75) is 111 Å². The first kappa shape index (κ1) is 30.6. The van der Waals surface area contributed by atoms with Crippen LogP contribution in [0, 0.1) is 50.7 Å². The molecule has 5 aliphatic carbocycles. The van der Waals surface area contributed by atoms with E-state index in [-0.39, 0.29) is 46.8 Å². The first-order chi connectivity index (χ1) is 21.0. The van der Waals surface area contributed by atoms with Crippen molar-refractivity contribution in [1.29, 1.82) is 0 Å². The van der Waals surface area contributed by atoms with Crippen LogP contribution in [0.1, 0.15) is 86.0 Å². The van der Waals surface area contributed by atoms with E-state index in [0.29, 0.717) is 74.0 Å². The minimum absolute atomic E-state index is 0.00714. The Balaban J connectivity index is 0.973.